The number of anilines is 1. The van der Waals surface area contributed by atoms with Crippen LogP contribution in [0.15, 0.2) is 12.1 Å². The maximum atomic E-state index is 13.8. The Kier molecular flexibility index (Phi) is 4.93. The van der Waals surface area contributed by atoms with E-state index in [-0.39, 0.29) is 18.5 Å². The van der Waals surface area contributed by atoms with E-state index in [0.29, 0.717) is 5.56 Å². The normalized spacial score (nSPS) is 13.5. The van der Waals surface area contributed by atoms with E-state index in [1.807, 2.05) is 45.8 Å². The number of aryl methyl sites for hydroxylation is 1. The third-order valence-electron chi connectivity index (χ3n) is 3.86. The number of benzene rings is 1. The van der Waals surface area contributed by atoms with Gasteiger partial charge in [0.2, 0.25) is 0 Å². The number of nitrogens with zero attached hydrogens (tertiary/aromatic N) is 1. The largest absolute Gasteiger partial charge is 0.394 e. The van der Waals surface area contributed by atoms with Crippen LogP contribution in [-0.4, -0.2) is 31.3 Å². The molecule has 2 N–H and O–H groups in total. The first-order valence-electron chi connectivity index (χ1n) is 6.56. The summed E-state index contributed by atoms with van der Waals surface area (Å²) in [4.78, 5) is 2.00. The summed E-state index contributed by atoms with van der Waals surface area (Å²) < 4.78 is 13.8. The molecule has 4 heteroatoms. The van der Waals surface area contributed by atoms with Crippen molar-refractivity contribution >= 4 is 5.69 Å². The number of nitrogens with one attached hydrogen (secondary N) is 1. The van der Waals surface area contributed by atoms with E-state index < -0.39 is 5.54 Å². The van der Waals surface area contributed by atoms with Gasteiger partial charge in [0.25, 0.3) is 0 Å². The van der Waals surface area contributed by atoms with E-state index in [0.717, 1.165) is 11.3 Å². The molecule has 0 saturated carbocycles. The number of rotatable bonds is 5. The summed E-state index contributed by atoms with van der Waals surface area (Å²) in [5, 5.41) is 12.6. The molecule has 1 unspecified atom stereocenters. The van der Waals surface area contributed by atoms with Crippen LogP contribution in [-0.2, 0) is 0 Å². The second-order valence-electron chi connectivity index (χ2n) is 5.70. The lowest BCUT2D eigenvalue weighted by Gasteiger charge is -2.38. The molecule has 0 fully saturated rings. The van der Waals surface area contributed by atoms with Crippen molar-refractivity contribution in [2.24, 2.45) is 0 Å². The van der Waals surface area contributed by atoms with E-state index in [9.17, 15) is 9.50 Å². The summed E-state index contributed by atoms with van der Waals surface area (Å²) in [6, 6.07) is 3.47. The van der Waals surface area contributed by atoms with Gasteiger partial charge in [0.1, 0.15) is 5.82 Å². The SMILES string of the molecule is CNC(C)c1cc(F)c(C)cc1N(C)C(C)(C)CO. The minimum Gasteiger partial charge on any atom is -0.394 e. The molecule has 1 aromatic carbocycles. The van der Waals surface area contributed by atoms with Crippen molar-refractivity contribution in [2.45, 2.75) is 39.3 Å². The molecule has 0 amide bonds. The predicted octanol–water partition coefficient (Wildman–Crippen LogP) is 2.62. The first kappa shape index (κ1) is 15.9. The molecule has 108 valence electrons. The third kappa shape index (κ3) is 3.25. The van der Waals surface area contributed by atoms with Crippen molar-refractivity contribution < 1.29 is 9.50 Å². The van der Waals surface area contributed by atoms with Crippen molar-refractivity contribution in [2.75, 3.05) is 25.6 Å². The second-order valence-corrected chi connectivity index (χ2v) is 5.70. The number of aliphatic hydroxyl groups is 1. The van der Waals surface area contributed by atoms with E-state index in [2.05, 4.69) is 5.32 Å². The van der Waals surface area contributed by atoms with Gasteiger partial charge in [0.15, 0.2) is 0 Å². The molecule has 0 spiro atoms. The zero-order chi connectivity index (χ0) is 14.8. The van der Waals surface area contributed by atoms with Gasteiger partial charge in [-0.05, 0) is 58.0 Å². The van der Waals surface area contributed by atoms with Gasteiger partial charge in [-0.1, -0.05) is 0 Å². The summed E-state index contributed by atoms with van der Waals surface area (Å²) in [6.07, 6.45) is 0. The molecular formula is C15H25FN2O. The van der Waals surface area contributed by atoms with Gasteiger partial charge in [-0.3, -0.25) is 0 Å². The Bertz CT molecular complexity index is 446. The van der Waals surface area contributed by atoms with Gasteiger partial charge in [-0.2, -0.15) is 0 Å². The first-order chi connectivity index (χ1) is 8.74. The van der Waals surface area contributed by atoms with E-state index in [1.54, 1.807) is 13.0 Å². The van der Waals surface area contributed by atoms with Crippen LogP contribution in [0.3, 0.4) is 0 Å². The lowest BCUT2D eigenvalue weighted by atomic mass is 9.98. The Morgan fingerprint density at radius 1 is 1.42 bits per heavy atom. The summed E-state index contributed by atoms with van der Waals surface area (Å²) in [6.45, 7) is 7.70. The maximum absolute atomic E-state index is 13.8. The van der Waals surface area contributed by atoms with Crippen LogP contribution >= 0.6 is 0 Å². The Morgan fingerprint density at radius 2 is 2.00 bits per heavy atom. The fourth-order valence-electron chi connectivity index (χ4n) is 1.91. The Hall–Kier alpha value is -1.13. The smallest absolute Gasteiger partial charge is 0.126 e. The molecule has 1 atom stereocenters. The first-order valence-corrected chi connectivity index (χ1v) is 6.56. The average molecular weight is 268 g/mol. The Balaban J connectivity index is 3.36. The summed E-state index contributed by atoms with van der Waals surface area (Å²) in [5.74, 6) is -0.198. The molecule has 1 aromatic rings. The van der Waals surface area contributed by atoms with Gasteiger partial charge in [0, 0.05) is 18.8 Å². The molecule has 0 radical (unpaired) electrons. The molecule has 0 aliphatic carbocycles. The lowest BCUT2D eigenvalue weighted by molar-refractivity contribution is 0.216. The number of hydrogen-bond acceptors (Lipinski definition) is 3. The average Bonchev–Trinajstić information content (AvgIpc) is 2.39. The van der Waals surface area contributed by atoms with E-state index >= 15 is 0 Å². The van der Waals surface area contributed by atoms with Gasteiger partial charge in [-0.15, -0.1) is 0 Å². The second kappa shape index (κ2) is 5.88. The van der Waals surface area contributed by atoms with E-state index in [4.69, 9.17) is 0 Å². The molecule has 0 saturated heterocycles. The van der Waals surface area contributed by atoms with Crippen molar-refractivity contribution in [3.63, 3.8) is 0 Å². The summed E-state index contributed by atoms with van der Waals surface area (Å²) in [5.41, 5.74) is 2.06. The highest BCUT2D eigenvalue weighted by Gasteiger charge is 2.26. The summed E-state index contributed by atoms with van der Waals surface area (Å²) >= 11 is 0. The third-order valence-corrected chi connectivity index (χ3v) is 3.86. The fourth-order valence-corrected chi connectivity index (χ4v) is 1.91. The molecule has 3 nitrogen and oxygen atoms in total. The minimum atomic E-state index is -0.396. The molecule has 0 bridgehead atoms. The number of hydrogen-bond donors (Lipinski definition) is 2. The molecule has 19 heavy (non-hydrogen) atoms. The quantitative estimate of drug-likeness (QED) is 0.861. The molecule has 1 rings (SSSR count). The fraction of sp³-hybridized carbons (Fsp3) is 0.600. The van der Waals surface area contributed by atoms with Crippen LogP contribution in [0.5, 0.6) is 0 Å². The van der Waals surface area contributed by atoms with Crippen LogP contribution in [0.4, 0.5) is 10.1 Å². The van der Waals surface area contributed by atoms with Crippen LogP contribution < -0.4 is 10.2 Å². The number of likely N-dealkylation sites (N-methyl/N-ethyl adjacent to an activating group) is 1. The molecule has 0 heterocycles. The maximum Gasteiger partial charge on any atom is 0.126 e. The Morgan fingerprint density at radius 3 is 2.47 bits per heavy atom. The van der Waals surface area contributed by atoms with Crippen molar-refractivity contribution in [1.29, 1.82) is 0 Å². The minimum absolute atomic E-state index is 0.0350. The number of halogens is 1. The standard InChI is InChI=1S/C15H25FN2O/c1-10-7-14(18(6)15(3,4)9-19)12(8-13(10)16)11(2)17-5/h7-8,11,17,19H,9H2,1-6H3. The topological polar surface area (TPSA) is 35.5 Å². The van der Waals surface area contributed by atoms with Gasteiger partial charge >= 0.3 is 0 Å². The molecule has 0 aromatic heterocycles. The van der Waals surface area contributed by atoms with Crippen molar-refractivity contribution in [3.8, 4) is 0 Å². The van der Waals surface area contributed by atoms with Crippen LogP contribution in [0.2, 0.25) is 0 Å². The van der Waals surface area contributed by atoms with Crippen LogP contribution in [0.1, 0.15) is 37.9 Å². The number of aliphatic hydroxyl groups excluding tert-OH is 1. The molecule has 0 aliphatic rings. The highest BCUT2D eigenvalue weighted by molar-refractivity contribution is 5.58. The monoisotopic (exact) mass is 268 g/mol. The Labute approximate surface area is 115 Å². The van der Waals surface area contributed by atoms with E-state index in [1.165, 1.54) is 0 Å². The molecule has 0 aliphatic heterocycles. The van der Waals surface area contributed by atoms with Crippen LogP contribution in [0, 0.1) is 12.7 Å². The van der Waals surface area contributed by atoms with Gasteiger partial charge in [-0.25, -0.2) is 4.39 Å². The predicted molar refractivity (Wildman–Crippen MR) is 78.2 cm³/mol. The summed E-state index contributed by atoms with van der Waals surface area (Å²) in [7, 11) is 3.78. The zero-order valence-electron chi connectivity index (χ0n) is 12.7. The zero-order valence-corrected chi connectivity index (χ0v) is 12.7. The molecular weight excluding hydrogens is 243 g/mol. The highest BCUT2D eigenvalue weighted by Crippen LogP contribution is 2.32. The van der Waals surface area contributed by atoms with Gasteiger partial charge in [0.05, 0.1) is 12.1 Å². The lowest BCUT2D eigenvalue weighted by Crippen LogP contribution is -2.45. The van der Waals surface area contributed by atoms with Crippen molar-refractivity contribution in [1.82, 2.24) is 5.32 Å². The van der Waals surface area contributed by atoms with Crippen molar-refractivity contribution in [3.05, 3.63) is 29.1 Å². The highest BCUT2D eigenvalue weighted by atomic mass is 19.1. The van der Waals surface area contributed by atoms with Gasteiger partial charge < -0.3 is 15.3 Å². The van der Waals surface area contributed by atoms with Crippen LogP contribution in [0.25, 0.3) is 0 Å².